The molecule has 1 aromatic carbocycles. The molecule has 1 aromatic heterocycles. The Kier molecular flexibility index (Phi) is 3.48. The molecule has 0 atom stereocenters. The lowest BCUT2D eigenvalue weighted by Crippen LogP contribution is -1.87. The van der Waals surface area contributed by atoms with Crippen molar-refractivity contribution in [2.45, 2.75) is 5.03 Å². The van der Waals surface area contributed by atoms with E-state index in [0.29, 0.717) is 0 Å². The molecule has 2 aromatic rings. The number of H-pyrrole nitrogens is 1. The van der Waals surface area contributed by atoms with Crippen LogP contribution in [0.1, 0.15) is 0 Å². The summed E-state index contributed by atoms with van der Waals surface area (Å²) in [6.07, 6.45) is 0. The molecule has 15 heavy (non-hydrogen) atoms. The van der Waals surface area contributed by atoms with Crippen LogP contribution in [-0.2, 0) is 0 Å². The molecular formula is C11H8INS2. The molecule has 1 N–H and O–H groups in total. The highest BCUT2D eigenvalue weighted by Crippen LogP contribution is 2.24. The molecule has 76 valence electrons. The van der Waals surface area contributed by atoms with E-state index in [1.54, 1.807) is 0 Å². The Morgan fingerprint density at radius 3 is 2.53 bits per heavy atom. The molecule has 4 heteroatoms. The summed E-state index contributed by atoms with van der Waals surface area (Å²) in [6, 6.07) is 12.2. The summed E-state index contributed by atoms with van der Waals surface area (Å²) < 4.78 is 1.80. The molecule has 0 aliphatic heterocycles. The Balaban J connectivity index is 2.65. The van der Waals surface area contributed by atoms with Crippen LogP contribution in [0.3, 0.4) is 0 Å². The van der Waals surface area contributed by atoms with E-state index in [9.17, 15) is 0 Å². The van der Waals surface area contributed by atoms with Gasteiger partial charge in [-0.25, -0.2) is 0 Å². The Bertz CT molecular complexity index is 534. The van der Waals surface area contributed by atoms with Crippen molar-refractivity contribution in [2.24, 2.45) is 0 Å². The van der Waals surface area contributed by atoms with E-state index in [4.69, 9.17) is 12.2 Å². The van der Waals surface area contributed by atoms with Crippen molar-refractivity contribution in [3.8, 4) is 11.1 Å². The lowest BCUT2D eigenvalue weighted by Gasteiger charge is -2.04. The van der Waals surface area contributed by atoms with Gasteiger partial charge in [-0.15, -0.1) is 12.6 Å². The molecule has 0 aliphatic rings. The minimum atomic E-state index is 0.728. The number of nitrogens with one attached hydrogen (secondary N) is 1. The standard InChI is InChI=1S/C11H8INS2/c12-9-6-8(10(14)13-11(9)15)7-4-2-1-3-5-7/h1-6H,(H2,13,14,15). The monoisotopic (exact) mass is 345 g/mol. The van der Waals surface area contributed by atoms with E-state index >= 15 is 0 Å². The van der Waals surface area contributed by atoms with E-state index in [0.717, 1.165) is 24.4 Å². The van der Waals surface area contributed by atoms with Crippen molar-refractivity contribution in [3.63, 3.8) is 0 Å². The zero-order chi connectivity index (χ0) is 10.8. The third kappa shape index (κ3) is 2.43. The second-order valence-corrected chi connectivity index (χ2v) is 5.09. The molecule has 0 saturated heterocycles. The number of thiol groups is 1. The Labute approximate surface area is 112 Å². The molecule has 0 aliphatic carbocycles. The van der Waals surface area contributed by atoms with Crippen LogP contribution in [-0.4, -0.2) is 4.98 Å². The van der Waals surface area contributed by atoms with Crippen LogP contribution in [0, 0.1) is 8.21 Å². The third-order valence-electron chi connectivity index (χ3n) is 2.06. The number of aromatic nitrogens is 1. The first kappa shape index (κ1) is 11.2. The largest absolute Gasteiger partial charge is 0.340 e. The summed E-state index contributed by atoms with van der Waals surface area (Å²) in [5.74, 6) is 0. The molecule has 1 heterocycles. The fourth-order valence-electron chi connectivity index (χ4n) is 1.33. The second-order valence-electron chi connectivity index (χ2n) is 3.07. The topological polar surface area (TPSA) is 15.8 Å². The zero-order valence-electron chi connectivity index (χ0n) is 7.70. The Morgan fingerprint density at radius 1 is 1.20 bits per heavy atom. The van der Waals surface area contributed by atoms with Gasteiger partial charge in [0.25, 0.3) is 0 Å². The molecular weight excluding hydrogens is 337 g/mol. The molecule has 0 radical (unpaired) electrons. The normalized spacial score (nSPS) is 10.3. The van der Waals surface area contributed by atoms with Crippen LogP contribution in [0.2, 0.25) is 0 Å². The van der Waals surface area contributed by atoms with Crippen molar-refractivity contribution >= 4 is 47.4 Å². The fraction of sp³-hybridized carbons (Fsp3) is 0. The molecule has 0 amide bonds. The van der Waals surface area contributed by atoms with Gasteiger partial charge in [0.15, 0.2) is 0 Å². The van der Waals surface area contributed by atoms with Gasteiger partial charge in [0.1, 0.15) is 4.64 Å². The van der Waals surface area contributed by atoms with Crippen molar-refractivity contribution in [1.29, 1.82) is 0 Å². The fourth-order valence-corrected chi connectivity index (χ4v) is 2.30. The molecule has 2 rings (SSSR count). The highest BCUT2D eigenvalue weighted by molar-refractivity contribution is 14.1. The first-order chi connectivity index (χ1) is 7.18. The van der Waals surface area contributed by atoms with Gasteiger partial charge < -0.3 is 4.98 Å². The summed E-state index contributed by atoms with van der Waals surface area (Å²) in [5.41, 5.74) is 2.18. The van der Waals surface area contributed by atoms with Crippen LogP contribution in [0.4, 0.5) is 0 Å². The zero-order valence-corrected chi connectivity index (χ0v) is 11.6. The number of pyridine rings is 1. The van der Waals surface area contributed by atoms with E-state index in [1.807, 2.05) is 30.3 Å². The number of hydrogen-bond donors (Lipinski definition) is 2. The SMILES string of the molecule is S=c1[nH]c(S)c(I)cc1-c1ccccc1. The lowest BCUT2D eigenvalue weighted by atomic mass is 10.1. The maximum Gasteiger partial charge on any atom is 0.112 e. The number of aromatic amines is 1. The average Bonchev–Trinajstić information content (AvgIpc) is 2.25. The van der Waals surface area contributed by atoms with Crippen LogP contribution >= 0.6 is 47.4 Å². The number of benzene rings is 1. The number of hydrogen-bond acceptors (Lipinski definition) is 2. The molecule has 0 fully saturated rings. The van der Waals surface area contributed by atoms with E-state index < -0.39 is 0 Å². The number of halogens is 1. The summed E-state index contributed by atoms with van der Waals surface area (Å²) in [5, 5.41) is 0.820. The van der Waals surface area contributed by atoms with Crippen molar-refractivity contribution in [2.75, 3.05) is 0 Å². The van der Waals surface area contributed by atoms with Gasteiger partial charge in [0, 0.05) is 9.13 Å². The quantitative estimate of drug-likeness (QED) is 0.447. The minimum absolute atomic E-state index is 0.728. The van der Waals surface area contributed by atoms with Gasteiger partial charge in [-0.3, -0.25) is 0 Å². The maximum atomic E-state index is 5.27. The summed E-state index contributed by atoms with van der Waals surface area (Å²) in [6.45, 7) is 0. The van der Waals surface area contributed by atoms with E-state index in [1.165, 1.54) is 0 Å². The summed E-state index contributed by atoms with van der Waals surface area (Å²) >= 11 is 11.8. The van der Waals surface area contributed by atoms with Gasteiger partial charge in [-0.05, 0) is 34.2 Å². The van der Waals surface area contributed by atoms with E-state index in [-0.39, 0.29) is 0 Å². The average molecular weight is 345 g/mol. The molecule has 0 bridgehead atoms. The first-order valence-corrected chi connectivity index (χ1v) is 6.29. The van der Waals surface area contributed by atoms with Crippen LogP contribution in [0.15, 0.2) is 41.4 Å². The van der Waals surface area contributed by atoms with Crippen molar-refractivity contribution in [3.05, 3.63) is 44.6 Å². The highest BCUT2D eigenvalue weighted by atomic mass is 127. The van der Waals surface area contributed by atoms with Crippen molar-refractivity contribution in [1.82, 2.24) is 4.98 Å². The first-order valence-electron chi connectivity index (χ1n) is 4.35. The Morgan fingerprint density at radius 2 is 1.87 bits per heavy atom. The van der Waals surface area contributed by atoms with Gasteiger partial charge in [-0.1, -0.05) is 42.5 Å². The van der Waals surface area contributed by atoms with Gasteiger partial charge >= 0.3 is 0 Å². The van der Waals surface area contributed by atoms with Crippen molar-refractivity contribution < 1.29 is 0 Å². The summed E-state index contributed by atoms with van der Waals surface area (Å²) in [7, 11) is 0. The minimum Gasteiger partial charge on any atom is -0.340 e. The Hall–Kier alpha value is -0.330. The molecule has 0 saturated carbocycles. The van der Waals surface area contributed by atoms with E-state index in [2.05, 4.69) is 46.3 Å². The van der Waals surface area contributed by atoms with Gasteiger partial charge in [0.05, 0.1) is 5.03 Å². The predicted molar refractivity (Wildman–Crippen MR) is 77.0 cm³/mol. The third-order valence-corrected chi connectivity index (χ3v) is 4.01. The molecule has 1 nitrogen and oxygen atoms in total. The predicted octanol–water partition coefficient (Wildman–Crippen LogP) is 4.30. The molecule has 0 unspecified atom stereocenters. The van der Waals surface area contributed by atoms with Gasteiger partial charge in [0.2, 0.25) is 0 Å². The van der Waals surface area contributed by atoms with Crippen LogP contribution < -0.4 is 0 Å². The van der Waals surface area contributed by atoms with Crippen LogP contribution in [0.5, 0.6) is 0 Å². The van der Waals surface area contributed by atoms with Crippen LogP contribution in [0.25, 0.3) is 11.1 Å². The second kappa shape index (κ2) is 4.67. The van der Waals surface area contributed by atoms with Gasteiger partial charge in [-0.2, -0.15) is 0 Å². The highest BCUT2D eigenvalue weighted by Gasteiger charge is 2.03. The smallest absolute Gasteiger partial charge is 0.112 e. The molecule has 0 spiro atoms. The lowest BCUT2D eigenvalue weighted by molar-refractivity contribution is 1.10. The maximum absolute atomic E-state index is 5.27. The summed E-state index contributed by atoms with van der Waals surface area (Å²) in [4.78, 5) is 3.08. The number of rotatable bonds is 1.